The van der Waals surface area contributed by atoms with Crippen LogP contribution in [0, 0.1) is 31.0 Å². The summed E-state index contributed by atoms with van der Waals surface area (Å²) in [6.45, 7) is 11.6. The summed E-state index contributed by atoms with van der Waals surface area (Å²) < 4.78 is 13.7. The second-order valence-corrected chi connectivity index (χ2v) is 7.79. The lowest BCUT2D eigenvalue weighted by Crippen LogP contribution is -2.43. The topological polar surface area (TPSA) is 12.0 Å². The largest absolute Gasteiger partial charge is 0.310 e. The van der Waals surface area contributed by atoms with Gasteiger partial charge in [-0.1, -0.05) is 45.7 Å². The summed E-state index contributed by atoms with van der Waals surface area (Å²) in [6.07, 6.45) is 5.27. The quantitative estimate of drug-likeness (QED) is 0.813. The molecule has 2 atom stereocenters. The SMILES string of the molecule is Cc1cc(CNC2CCCCC2C(C)(C)C)cc(C)c1F. The summed E-state index contributed by atoms with van der Waals surface area (Å²) in [5, 5.41) is 3.75. The van der Waals surface area contributed by atoms with Gasteiger partial charge in [-0.25, -0.2) is 4.39 Å². The molecule has 0 bridgehead atoms. The van der Waals surface area contributed by atoms with Crippen LogP contribution in [-0.4, -0.2) is 6.04 Å². The molecule has 0 aliphatic heterocycles. The molecular weight excluding hydrogens is 261 g/mol. The fourth-order valence-electron chi connectivity index (χ4n) is 3.80. The molecular formula is C19H30FN. The molecule has 0 radical (unpaired) electrons. The Morgan fingerprint density at radius 3 is 2.24 bits per heavy atom. The van der Waals surface area contributed by atoms with Crippen LogP contribution in [-0.2, 0) is 6.54 Å². The van der Waals surface area contributed by atoms with Gasteiger partial charge in [0, 0.05) is 12.6 Å². The first kappa shape index (κ1) is 16.5. The summed E-state index contributed by atoms with van der Waals surface area (Å²) in [7, 11) is 0. The van der Waals surface area contributed by atoms with Crippen LogP contribution in [0.5, 0.6) is 0 Å². The lowest BCUT2D eigenvalue weighted by Gasteiger charge is -2.41. The van der Waals surface area contributed by atoms with Gasteiger partial charge in [-0.2, -0.15) is 0 Å². The maximum Gasteiger partial charge on any atom is 0.129 e. The van der Waals surface area contributed by atoms with E-state index in [9.17, 15) is 4.39 Å². The molecule has 0 heterocycles. The minimum absolute atomic E-state index is 0.0658. The van der Waals surface area contributed by atoms with Crippen molar-refractivity contribution in [3.63, 3.8) is 0 Å². The molecule has 1 aromatic carbocycles. The van der Waals surface area contributed by atoms with Crippen LogP contribution in [0.1, 0.15) is 63.1 Å². The van der Waals surface area contributed by atoms with Gasteiger partial charge in [-0.3, -0.25) is 0 Å². The van der Waals surface area contributed by atoms with Crippen molar-refractivity contribution in [2.24, 2.45) is 11.3 Å². The molecule has 0 spiro atoms. The van der Waals surface area contributed by atoms with Crippen LogP contribution in [0.4, 0.5) is 4.39 Å². The Hall–Kier alpha value is -0.890. The van der Waals surface area contributed by atoms with Gasteiger partial charge < -0.3 is 5.32 Å². The van der Waals surface area contributed by atoms with E-state index in [0.29, 0.717) is 11.5 Å². The van der Waals surface area contributed by atoms with Crippen molar-refractivity contribution in [2.75, 3.05) is 0 Å². The molecule has 0 amide bonds. The molecule has 2 unspecified atom stereocenters. The van der Waals surface area contributed by atoms with E-state index < -0.39 is 0 Å². The normalized spacial score (nSPS) is 23.3. The summed E-state index contributed by atoms with van der Waals surface area (Å²) in [5.74, 6) is 0.665. The Bertz CT molecular complexity index is 464. The monoisotopic (exact) mass is 291 g/mol. The zero-order valence-electron chi connectivity index (χ0n) is 14.2. The lowest BCUT2D eigenvalue weighted by molar-refractivity contribution is 0.130. The van der Waals surface area contributed by atoms with Gasteiger partial charge in [0.1, 0.15) is 5.82 Å². The van der Waals surface area contributed by atoms with E-state index in [1.807, 2.05) is 26.0 Å². The molecule has 1 aromatic rings. The molecule has 0 aromatic heterocycles. The number of nitrogens with one attached hydrogen (secondary N) is 1. The zero-order valence-corrected chi connectivity index (χ0v) is 14.2. The van der Waals surface area contributed by atoms with Crippen molar-refractivity contribution in [3.05, 3.63) is 34.6 Å². The number of benzene rings is 1. The molecule has 21 heavy (non-hydrogen) atoms. The van der Waals surface area contributed by atoms with E-state index in [4.69, 9.17) is 0 Å². The van der Waals surface area contributed by atoms with Crippen molar-refractivity contribution in [3.8, 4) is 0 Å². The minimum Gasteiger partial charge on any atom is -0.310 e. The third-order valence-electron chi connectivity index (χ3n) is 4.94. The summed E-state index contributed by atoms with van der Waals surface area (Å²) in [4.78, 5) is 0. The van der Waals surface area contributed by atoms with Crippen LogP contribution in [0.2, 0.25) is 0 Å². The van der Waals surface area contributed by atoms with Gasteiger partial charge in [-0.15, -0.1) is 0 Å². The first-order valence-corrected chi connectivity index (χ1v) is 8.28. The molecule has 0 saturated heterocycles. The Morgan fingerprint density at radius 1 is 1.10 bits per heavy atom. The zero-order chi connectivity index (χ0) is 15.6. The maximum atomic E-state index is 13.7. The smallest absolute Gasteiger partial charge is 0.129 e. The average Bonchev–Trinajstić information content (AvgIpc) is 2.41. The van der Waals surface area contributed by atoms with Gasteiger partial charge >= 0.3 is 0 Å². The van der Waals surface area contributed by atoms with Crippen molar-refractivity contribution in [1.82, 2.24) is 5.32 Å². The highest BCUT2D eigenvalue weighted by Gasteiger charge is 2.33. The highest BCUT2D eigenvalue weighted by Crippen LogP contribution is 2.38. The highest BCUT2D eigenvalue weighted by atomic mass is 19.1. The van der Waals surface area contributed by atoms with Gasteiger partial charge in [0.25, 0.3) is 0 Å². The Labute approximate surface area is 129 Å². The number of hydrogen-bond donors (Lipinski definition) is 1. The summed E-state index contributed by atoms with van der Waals surface area (Å²) >= 11 is 0. The van der Waals surface area contributed by atoms with Crippen LogP contribution in [0.25, 0.3) is 0 Å². The van der Waals surface area contributed by atoms with E-state index in [1.54, 1.807) is 0 Å². The van der Waals surface area contributed by atoms with Crippen LogP contribution in [0.15, 0.2) is 12.1 Å². The molecule has 118 valence electrons. The summed E-state index contributed by atoms with van der Waals surface area (Å²) in [5.41, 5.74) is 3.06. The molecule has 1 aliphatic carbocycles. The molecule has 1 nitrogen and oxygen atoms in total. The molecule has 2 heteroatoms. The molecule has 1 N–H and O–H groups in total. The van der Waals surface area contributed by atoms with Crippen molar-refractivity contribution in [2.45, 2.75) is 72.9 Å². The Balaban J connectivity index is 2.04. The standard InChI is InChI=1S/C19H30FN/c1-13-10-15(11-14(2)18(13)20)12-21-17-9-7-6-8-16(17)19(3,4)5/h10-11,16-17,21H,6-9,12H2,1-5H3. The van der Waals surface area contributed by atoms with Crippen LogP contribution in [0.3, 0.4) is 0 Å². The average molecular weight is 291 g/mol. The van der Waals surface area contributed by atoms with Gasteiger partial charge in [-0.05, 0) is 54.7 Å². The second kappa shape index (κ2) is 6.48. The number of halogens is 1. The van der Waals surface area contributed by atoms with E-state index in [-0.39, 0.29) is 5.82 Å². The first-order chi connectivity index (χ1) is 9.79. The Morgan fingerprint density at radius 2 is 1.67 bits per heavy atom. The molecule has 1 aliphatic rings. The van der Waals surface area contributed by atoms with E-state index >= 15 is 0 Å². The van der Waals surface area contributed by atoms with Crippen molar-refractivity contribution >= 4 is 0 Å². The van der Waals surface area contributed by atoms with Gasteiger partial charge in [0.05, 0.1) is 0 Å². The predicted molar refractivity (Wildman–Crippen MR) is 87.9 cm³/mol. The third-order valence-corrected chi connectivity index (χ3v) is 4.94. The van der Waals surface area contributed by atoms with E-state index in [0.717, 1.165) is 23.6 Å². The predicted octanol–water partition coefficient (Wildman–Crippen LogP) is 5.14. The lowest BCUT2D eigenvalue weighted by atomic mass is 9.69. The number of aryl methyl sites for hydroxylation is 2. The third kappa shape index (κ3) is 4.06. The Kier molecular flexibility index (Phi) is 5.08. The number of hydrogen-bond acceptors (Lipinski definition) is 1. The minimum atomic E-state index is -0.0658. The number of rotatable bonds is 3. The maximum absolute atomic E-state index is 13.7. The molecule has 2 rings (SSSR count). The highest BCUT2D eigenvalue weighted by molar-refractivity contribution is 5.30. The van der Waals surface area contributed by atoms with E-state index in [2.05, 4.69) is 26.1 Å². The van der Waals surface area contributed by atoms with Crippen LogP contribution < -0.4 is 5.32 Å². The second-order valence-electron chi connectivity index (χ2n) is 7.79. The van der Waals surface area contributed by atoms with Crippen LogP contribution >= 0.6 is 0 Å². The van der Waals surface area contributed by atoms with Gasteiger partial charge in [0.2, 0.25) is 0 Å². The van der Waals surface area contributed by atoms with E-state index in [1.165, 1.54) is 31.2 Å². The summed E-state index contributed by atoms with van der Waals surface area (Å²) in [6, 6.07) is 4.54. The van der Waals surface area contributed by atoms with Crippen molar-refractivity contribution in [1.29, 1.82) is 0 Å². The van der Waals surface area contributed by atoms with Crippen molar-refractivity contribution < 1.29 is 4.39 Å². The molecule has 1 fully saturated rings. The van der Waals surface area contributed by atoms with Gasteiger partial charge in [0.15, 0.2) is 0 Å². The fraction of sp³-hybridized carbons (Fsp3) is 0.684. The molecule has 1 saturated carbocycles. The fourth-order valence-corrected chi connectivity index (χ4v) is 3.80. The first-order valence-electron chi connectivity index (χ1n) is 8.28.